The van der Waals surface area contributed by atoms with Gasteiger partial charge in [0.25, 0.3) is 0 Å². The summed E-state index contributed by atoms with van der Waals surface area (Å²) in [4.78, 5) is 4.18. The van der Waals surface area contributed by atoms with Gasteiger partial charge in [-0.25, -0.2) is 0 Å². The van der Waals surface area contributed by atoms with E-state index < -0.39 is 0 Å². The van der Waals surface area contributed by atoms with E-state index in [0.717, 1.165) is 12.0 Å². The maximum absolute atomic E-state index is 6.10. The lowest BCUT2D eigenvalue weighted by Crippen LogP contribution is -2.19. The lowest BCUT2D eigenvalue weighted by atomic mass is 9.95. The number of aromatic nitrogens is 1. The predicted octanol–water partition coefficient (Wildman–Crippen LogP) is 4.26. The molecule has 1 aromatic heterocycles. The van der Waals surface area contributed by atoms with E-state index in [-0.39, 0.29) is 6.04 Å². The van der Waals surface area contributed by atoms with Crippen LogP contribution < -0.4 is 5.32 Å². The van der Waals surface area contributed by atoms with Crippen molar-refractivity contribution in [2.45, 2.75) is 19.4 Å². The molecular formula is C15H16Cl2N2. The molecule has 0 aliphatic heterocycles. The number of rotatable bonds is 4. The number of halogens is 2. The van der Waals surface area contributed by atoms with Gasteiger partial charge >= 0.3 is 0 Å². The molecule has 2 aromatic rings. The van der Waals surface area contributed by atoms with Crippen LogP contribution in [0.3, 0.4) is 0 Å². The van der Waals surface area contributed by atoms with E-state index in [4.69, 9.17) is 23.2 Å². The molecule has 0 radical (unpaired) electrons. The zero-order valence-corrected chi connectivity index (χ0v) is 12.5. The first-order valence-corrected chi connectivity index (χ1v) is 6.98. The van der Waals surface area contributed by atoms with Crippen LogP contribution in [0.1, 0.15) is 29.7 Å². The number of hydrogen-bond acceptors (Lipinski definition) is 2. The molecule has 1 heterocycles. The molecule has 1 N–H and O–H groups in total. The van der Waals surface area contributed by atoms with E-state index >= 15 is 0 Å². The van der Waals surface area contributed by atoms with Crippen LogP contribution >= 0.6 is 23.2 Å². The van der Waals surface area contributed by atoms with E-state index in [1.807, 2.05) is 43.7 Å². The van der Waals surface area contributed by atoms with Crippen LogP contribution in [-0.4, -0.2) is 12.0 Å². The molecule has 0 aliphatic carbocycles. The van der Waals surface area contributed by atoms with Gasteiger partial charge in [0, 0.05) is 12.4 Å². The fourth-order valence-corrected chi connectivity index (χ4v) is 2.52. The molecule has 2 rings (SSSR count). The maximum atomic E-state index is 6.10. The van der Waals surface area contributed by atoms with Gasteiger partial charge in [-0.15, -0.1) is 0 Å². The van der Waals surface area contributed by atoms with Crippen molar-refractivity contribution in [1.82, 2.24) is 10.3 Å². The van der Waals surface area contributed by atoms with Crippen molar-refractivity contribution < 1.29 is 0 Å². The summed E-state index contributed by atoms with van der Waals surface area (Å²) in [5.74, 6) is 0. The summed E-state index contributed by atoms with van der Waals surface area (Å²) < 4.78 is 0. The fourth-order valence-electron chi connectivity index (χ4n) is 2.21. The zero-order valence-electron chi connectivity index (χ0n) is 11.0. The van der Waals surface area contributed by atoms with Gasteiger partial charge in [-0.1, -0.05) is 36.2 Å². The second-order valence-corrected chi connectivity index (χ2v) is 5.14. The standard InChI is InChI=1S/C15H16Cl2N2/c1-3-10-9-19-7-6-12(10)15(18-2)11-4-5-13(16)14(17)8-11/h4-9,15,18H,3H2,1-2H3. The minimum atomic E-state index is 0.0905. The van der Waals surface area contributed by atoms with E-state index in [1.165, 1.54) is 11.1 Å². The third-order valence-corrected chi connectivity index (χ3v) is 3.94. The van der Waals surface area contributed by atoms with Gasteiger partial charge in [0.05, 0.1) is 16.1 Å². The largest absolute Gasteiger partial charge is 0.309 e. The zero-order chi connectivity index (χ0) is 13.8. The molecule has 4 heteroatoms. The van der Waals surface area contributed by atoms with Crippen molar-refractivity contribution in [3.63, 3.8) is 0 Å². The van der Waals surface area contributed by atoms with Crippen LogP contribution in [0.25, 0.3) is 0 Å². The summed E-state index contributed by atoms with van der Waals surface area (Å²) in [6, 6.07) is 7.87. The van der Waals surface area contributed by atoms with Crippen molar-refractivity contribution >= 4 is 23.2 Å². The number of nitrogens with zero attached hydrogens (tertiary/aromatic N) is 1. The van der Waals surface area contributed by atoms with Crippen LogP contribution in [0.5, 0.6) is 0 Å². The Balaban J connectivity index is 2.46. The first-order chi connectivity index (χ1) is 9.17. The minimum absolute atomic E-state index is 0.0905. The molecule has 2 nitrogen and oxygen atoms in total. The summed E-state index contributed by atoms with van der Waals surface area (Å²) in [6.45, 7) is 2.13. The highest BCUT2D eigenvalue weighted by Crippen LogP contribution is 2.30. The quantitative estimate of drug-likeness (QED) is 0.911. The number of pyridine rings is 1. The highest BCUT2D eigenvalue weighted by atomic mass is 35.5. The molecule has 0 amide bonds. The third kappa shape index (κ3) is 3.08. The van der Waals surface area contributed by atoms with Gasteiger partial charge in [-0.2, -0.15) is 0 Å². The average molecular weight is 295 g/mol. The molecule has 0 saturated carbocycles. The lowest BCUT2D eigenvalue weighted by Gasteiger charge is -2.20. The summed E-state index contributed by atoms with van der Waals surface area (Å²) >= 11 is 12.1. The lowest BCUT2D eigenvalue weighted by molar-refractivity contribution is 0.682. The van der Waals surface area contributed by atoms with Crippen LogP contribution in [0.15, 0.2) is 36.7 Å². The second kappa shape index (κ2) is 6.38. The Labute approximate surface area is 123 Å². The van der Waals surface area contributed by atoms with Crippen LogP contribution in [0.2, 0.25) is 10.0 Å². The Morgan fingerprint density at radius 3 is 2.63 bits per heavy atom. The third-order valence-electron chi connectivity index (χ3n) is 3.20. The first kappa shape index (κ1) is 14.3. The Kier molecular flexibility index (Phi) is 4.81. The van der Waals surface area contributed by atoms with Crippen molar-refractivity contribution in [3.8, 4) is 0 Å². The molecule has 0 aliphatic rings. The Hall–Kier alpha value is -1.09. The first-order valence-electron chi connectivity index (χ1n) is 6.22. The molecule has 100 valence electrons. The van der Waals surface area contributed by atoms with E-state index in [0.29, 0.717) is 10.0 Å². The molecule has 1 aromatic carbocycles. The Morgan fingerprint density at radius 2 is 2.00 bits per heavy atom. The SMILES string of the molecule is CCc1cnccc1C(NC)c1ccc(Cl)c(Cl)c1. The van der Waals surface area contributed by atoms with Crippen LogP contribution in [0.4, 0.5) is 0 Å². The van der Waals surface area contributed by atoms with Crippen molar-refractivity contribution in [2.75, 3.05) is 7.05 Å². The summed E-state index contributed by atoms with van der Waals surface area (Å²) in [7, 11) is 1.94. The number of benzene rings is 1. The van der Waals surface area contributed by atoms with Gasteiger partial charge in [-0.3, -0.25) is 4.98 Å². The highest BCUT2D eigenvalue weighted by Gasteiger charge is 2.16. The Morgan fingerprint density at radius 1 is 1.21 bits per heavy atom. The number of nitrogens with one attached hydrogen (secondary N) is 1. The molecule has 0 bridgehead atoms. The average Bonchev–Trinajstić information content (AvgIpc) is 2.44. The molecular weight excluding hydrogens is 279 g/mol. The van der Waals surface area contributed by atoms with Gasteiger partial charge < -0.3 is 5.32 Å². The van der Waals surface area contributed by atoms with Gasteiger partial charge in [0.1, 0.15) is 0 Å². The number of hydrogen-bond donors (Lipinski definition) is 1. The van der Waals surface area contributed by atoms with Gasteiger partial charge in [-0.05, 0) is 48.4 Å². The second-order valence-electron chi connectivity index (χ2n) is 4.32. The monoisotopic (exact) mass is 294 g/mol. The van der Waals surface area contributed by atoms with E-state index in [1.54, 1.807) is 0 Å². The molecule has 1 atom stereocenters. The molecule has 0 fully saturated rings. The minimum Gasteiger partial charge on any atom is -0.309 e. The Bertz CT molecular complexity index is 570. The summed E-state index contributed by atoms with van der Waals surface area (Å²) in [5, 5.41) is 4.48. The molecule has 0 spiro atoms. The summed E-state index contributed by atoms with van der Waals surface area (Å²) in [6.07, 6.45) is 4.68. The van der Waals surface area contributed by atoms with Crippen molar-refractivity contribution in [2.24, 2.45) is 0 Å². The van der Waals surface area contributed by atoms with Crippen LogP contribution in [0, 0.1) is 0 Å². The molecule has 19 heavy (non-hydrogen) atoms. The van der Waals surface area contributed by atoms with Gasteiger partial charge in [0.15, 0.2) is 0 Å². The van der Waals surface area contributed by atoms with E-state index in [2.05, 4.69) is 17.2 Å². The number of aryl methyl sites for hydroxylation is 1. The van der Waals surface area contributed by atoms with Gasteiger partial charge in [0.2, 0.25) is 0 Å². The maximum Gasteiger partial charge on any atom is 0.0595 e. The highest BCUT2D eigenvalue weighted by molar-refractivity contribution is 6.42. The molecule has 0 saturated heterocycles. The predicted molar refractivity (Wildman–Crippen MR) is 81.0 cm³/mol. The van der Waals surface area contributed by atoms with Crippen LogP contribution in [-0.2, 0) is 6.42 Å². The summed E-state index contributed by atoms with van der Waals surface area (Å²) in [5.41, 5.74) is 3.55. The van der Waals surface area contributed by atoms with E-state index in [9.17, 15) is 0 Å². The molecule has 1 unspecified atom stereocenters. The smallest absolute Gasteiger partial charge is 0.0595 e. The normalized spacial score (nSPS) is 12.4. The van der Waals surface area contributed by atoms with Crippen molar-refractivity contribution in [3.05, 3.63) is 63.4 Å². The van der Waals surface area contributed by atoms with Crippen molar-refractivity contribution in [1.29, 1.82) is 0 Å². The topological polar surface area (TPSA) is 24.9 Å². The fraction of sp³-hybridized carbons (Fsp3) is 0.267.